The van der Waals surface area contributed by atoms with Crippen LogP contribution in [0.4, 0.5) is 5.00 Å². The fourth-order valence-electron chi connectivity index (χ4n) is 1.71. The molecular weight excluding hydrogens is 264 g/mol. The van der Waals surface area contributed by atoms with E-state index in [2.05, 4.69) is 10.4 Å². The largest absolute Gasteiger partial charge is 0.366 e. The van der Waals surface area contributed by atoms with Gasteiger partial charge in [0.2, 0.25) is 0 Å². The van der Waals surface area contributed by atoms with E-state index in [-0.39, 0.29) is 5.91 Å². The molecule has 0 aromatic carbocycles. The summed E-state index contributed by atoms with van der Waals surface area (Å²) in [7, 11) is 0. The maximum atomic E-state index is 12.0. The number of aromatic nitrogens is 2. The van der Waals surface area contributed by atoms with Gasteiger partial charge in [0.25, 0.3) is 11.8 Å². The lowest BCUT2D eigenvalue weighted by molar-refractivity contribution is 0.100. The zero-order valence-corrected chi connectivity index (χ0v) is 11.5. The van der Waals surface area contributed by atoms with Gasteiger partial charge >= 0.3 is 0 Å². The summed E-state index contributed by atoms with van der Waals surface area (Å²) in [6.07, 6.45) is 0. The number of hydrogen-bond acceptors (Lipinski definition) is 4. The quantitative estimate of drug-likeness (QED) is 0.890. The van der Waals surface area contributed by atoms with Crippen molar-refractivity contribution < 1.29 is 9.59 Å². The number of carbonyl (C=O) groups excluding carboxylic acids is 2. The summed E-state index contributed by atoms with van der Waals surface area (Å²) >= 11 is 1.25. The van der Waals surface area contributed by atoms with Crippen molar-refractivity contribution in [3.63, 3.8) is 0 Å². The van der Waals surface area contributed by atoms with Gasteiger partial charge in [-0.2, -0.15) is 5.10 Å². The highest BCUT2D eigenvalue weighted by Gasteiger charge is 2.16. The molecule has 2 heterocycles. The minimum atomic E-state index is -0.563. The molecule has 2 aromatic rings. The first-order valence-corrected chi connectivity index (χ1v) is 6.64. The number of nitrogens with zero attached hydrogens (tertiary/aromatic N) is 2. The molecule has 7 heteroatoms. The van der Waals surface area contributed by atoms with E-state index >= 15 is 0 Å². The molecule has 0 aliphatic rings. The molecule has 0 saturated carbocycles. The number of amides is 2. The van der Waals surface area contributed by atoms with Crippen molar-refractivity contribution in [1.29, 1.82) is 0 Å². The van der Waals surface area contributed by atoms with Gasteiger partial charge in [-0.1, -0.05) is 0 Å². The van der Waals surface area contributed by atoms with E-state index in [9.17, 15) is 9.59 Å². The third-order valence-corrected chi connectivity index (χ3v) is 3.50. The van der Waals surface area contributed by atoms with Crippen LogP contribution < -0.4 is 11.1 Å². The highest BCUT2D eigenvalue weighted by atomic mass is 32.1. The molecule has 0 atom stereocenters. The molecule has 0 fully saturated rings. The van der Waals surface area contributed by atoms with Crippen molar-refractivity contribution in [2.45, 2.75) is 20.4 Å². The molecule has 0 saturated heterocycles. The maximum Gasteiger partial charge on any atom is 0.276 e. The Balaban J connectivity index is 2.20. The van der Waals surface area contributed by atoms with Crippen LogP contribution in [0.25, 0.3) is 0 Å². The van der Waals surface area contributed by atoms with Crippen LogP contribution in [0, 0.1) is 6.92 Å². The highest BCUT2D eigenvalue weighted by Crippen LogP contribution is 2.23. The van der Waals surface area contributed by atoms with Crippen LogP contribution in [-0.4, -0.2) is 21.6 Å². The van der Waals surface area contributed by atoms with Gasteiger partial charge in [0, 0.05) is 12.2 Å². The summed E-state index contributed by atoms with van der Waals surface area (Å²) in [6, 6.07) is 3.29. The standard InChI is InChI=1S/C12H14N4O2S/c1-3-16-7(2)6-9(15-16)11(18)14-12-8(10(13)17)4-5-19-12/h4-6H,3H2,1-2H3,(H2,13,17)(H,14,18). The van der Waals surface area contributed by atoms with Gasteiger partial charge in [0.05, 0.1) is 5.56 Å². The average molecular weight is 278 g/mol. The smallest absolute Gasteiger partial charge is 0.276 e. The summed E-state index contributed by atoms with van der Waals surface area (Å²) in [5.41, 5.74) is 6.76. The Bertz CT molecular complexity index is 629. The summed E-state index contributed by atoms with van der Waals surface area (Å²) in [4.78, 5) is 23.2. The van der Waals surface area contributed by atoms with E-state index < -0.39 is 5.91 Å². The van der Waals surface area contributed by atoms with Crippen LogP contribution in [0.15, 0.2) is 17.5 Å². The minimum absolute atomic E-state index is 0.310. The molecule has 2 aromatic heterocycles. The summed E-state index contributed by atoms with van der Waals surface area (Å²) in [5, 5.41) is 8.98. The van der Waals surface area contributed by atoms with Gasteiger partial charge in [0.1, 0.15) is 5.00 Å². The molecule has 0 aliphatic carbocycles. The van der Waals surface area contributed by atoms with Crippen LogP contribution in [0.2, 0.25) is 0 Å². The van der Waals surface area contributed by atoms with Crippen molar-refractivity contribution in [3.8, 4) is 0 Å². The summed E-state index contributed by atoms with van der Waals surface area (Å²) in [6.45, 7) is 4.53. The lowest BCUT2D eigenvalue weighted by Gasteiger charge is -2.02. The molecule has 0 radical (unpaired) electrons. The third kappa shape index (κ3) is 2.65. The number of nitrogens with one attached hydrogen (secondary N) is 1. The second-order valence-electron chi connectivity index (χ2n) is 3.97. The Hall–Kier alpha value is -2.15. The van der Waals surface area contributed by atoms with Crippen molar-refractivity contribution in [1.82, 2.24) is 9.78 Å². The molecule has 2 amide bonds. The van der Waals surface area contributed by atoms with E-state index in [1.165, 1.54) is 11.3 Å². The van der Waals surface area contributed by atoms with Crippen LogP contribution in [0.5, 0.6) is 0 Å². The van der Waals surface area contributed by atoms with E-state index in [0.717, 1.165) is 5.69 Å². The van der Waals surface area contributed by atoms with Crippen molar-refractivity contribution in [2.75, 3.05) is 5.32 Å². The predicted molar refractivity (Wildman–Crippen MR) is 73.4 cm³/mol. The maximum absolute atomic E-state index is 12.0. The fourth-order valence-corrected chi connectivity index (χ4v) is 2.50. The molecular formula is C12H14N4O2S. The van der Waals surface area contributed by atoms with Gasteiger partial charge in [0.15, 0.2) is 5.69 Å². The van der Waals surface area contributed by atoms with Crippen molar-refractivity contribution >= 4 is 28.2 Å². The number of primary amides is 1. The third-order valence-electron chi connectivity index (χ3n) is 2.67. The number of anilines is 1. The second kappa shape index (κ2) is 5.23. The van der Waals surface area contributed by atoms with Crippen LogP contribution in [-0.2, 0) is 6.54 Å². The van der Waals surface area contributed by atoms with Gasteiger partial charge in [-0.25, -0.2) is 0 Å². The van der Waals surface area contributed by atoms with Crippen LogP contribution in [0.3, 0.4) is 0 Å². The molecule has 3 N–H and O–H groups in total. The van der Waals surface area contributed by atoms with E-state index in [1.807, 2.05) is 13.8 Å². The topological polar surface area (TPSA) is 90.0 Å². The van der Waals surface area contributed by atoms with E-state index in [1.54, 1.807) is 22.2 Å². The van der Waals surface area contributed by atoms with Crippen LogP contribution >= 0.6 is 11.3 Å². The zero-order chi connectivity index (χ0) is 14.0. The van der Waals surface area contributed by atoms with Gasteiger partial charge in [-0.15, -0.1) is 11.3 Å². The Morgan fingerprint density at radius 2 is 2.26 bits per heavy atom. The molecule has 0 aliphatic heterocycles. The molecule has 2 rings (SSSR count). The number of aryl methyl sites for hydroxylation is 2. The Kier molecular flexibility index (Phi) is 3.66. The fraction of sp³-hybridized carbons (Fsp3) is 0.250. The normalized spacial score (nSPS) is 10.4. The molecule has 19 heavy (non-hydrogen) atoms. The monoisotopic (exact) mass is 278 g/mol. The zero-order valence-electron chi connectivity index (χ0n) is 10.6. The number of rotatable bonds is 4. The van der Waals surface area contributed by atoms with Crippen LogP contribution in [0.1, 0.15) is 33.5 Å². The average Bonchev–Trinajstić information content (AvgIpc) is 2.95. The van der Waals surface area contributed by atoms with E-state index in [4.69, 9.17) is 5.73 Å². The minimum Gasteiger partial charge on any atom is -0.366 e. The SMILES string of the molecule is CCn1nc(C(=O)Nc2sccc2C(N)=O)cc1C. The van der Waals surface area contributed by atoms with Crippen molar-refractivity contribution in [2.24, 2.45) is 5.73 Å². The van der Waals surface area contributed by atoms with Crippen molar-refractivity contribution in [3.05, 3.63) is 34.5 Å². The number of nitrogens with two attached hydrogens (primary N) is 1. The Labute approximate surface area is 114 Å². The summed E-state index contributed by atoms with van der Waals surface area (Å²) < 4.78 is 1.73. The molecule has 0 unspecified atom stereocenters. The number of carbonyl (C=O) groups is 2. The number of thiophene rings is 1. The second-order valence-corrected chi connectivity index (χ2v) is 4.88. The Morgan fingerprint density at radius 1 is 1.53 bits per heavy atom. The number of hydrogen-bond donors (Lipinski definition) is 2. The molecule has 0 bridgehead atoms. The lowest BCUT2D eigenvalue weighted by atomic mass is 10.3. The first-order valence-electron chi connectivity index (χ1n) is 5.76. The lowest BCUT2D eigenvalue weighted by Crippen LogP contribution is -2.17. The van der Waals surface area contributed by atoms with Gasteiger partial charge < -0.3 is 11.1 Å². The van der Waals surface area contributed by atoms with Gasteiger partial charge in [-0.3, -0.25) is 14.3 Å². The molecule has 100 valence electrons. The summed E-state index contributed by atoms with van der Waals surface area (Å²) in [5.74, 6) is -0.910. The predicted octanol–water partition coefficient (Wildman–Crippen LogP) is 1.62. The first-order chi connectivity index (χ1) is 9.02. The Morgan fingerprint density at radius 3 is 2.84 bits per heavy atom. The first kappa shape index (κ1) is 13.3. The molecule has 6 nitrogen and oxygen atoms in total. The van der Waals surface area contributed by atoms with E-state index in [0.29, 0.717) is 22.8 Å². The highest BCUT2D eigenvalue weighted by molar-refractivity contribution is 7.14. The molecule has 0 spiro atoms. The van der Waals surface area contributed by atoms with Gasteiger partial charge in [-0.05, 0) is 31.4 Å².